The number of amides is 2. The summed E-state index contributed by atoms with van der Waals surface area (Å²) in [6, 6.07) is 34.5. The maximum Gasteiger partial charge on any atom is 0.417 e. The molecule has 4 nitrogen and oxygen atoms in total. The fraction of sp³-hybridized carbons (Fsp3) is 0.0500. The van der Waals surface area contributed by atoms with Crippen LogP contribution in [0.15, 0.2) is 133 Å². The highest BCUT2D eigenvalue weighted by molar-refractivity contribution is 6.36. The molecule has 8 rings (SSSR count). The van der Waals surface area contributed by atoms with Gasteiger partial charge in [-0.15, -0.1) is 0 Å². The van der Waals surface area contributed by atoms with Gasteiger partial charge in [0.25, 0.3) is 11.8 Å². The van der Waals surface area contributed by atoms with Crippen LogP contribution in [0.2, 0.25) is 0 Å². The van der Waals surface area contributed by atoms with Crippen LogP contribution in [0, 0.1) is 0 Å². The minimum absolute atomic E-state index is 0.0239. The van der Waals surface area contributed by atoms with Gasteiger partial charge >= 0.3 is 12.4 Å². The van der Waals surface area contributed by atoms with Gasteiger partial charge in [0.05, 0.1) is 44.7 Å². The Morgan fingerprint density at radius 1 is 0.440 bits per heavy atom. The number of alkyl halides is 6. The molecular weight excluding hydrogens is 654 g/mol. The summed E-state index contributed by atoms with van der Waals surface area (Å²) >= 11 is 0. The number of carbonyl (C=O) groups is 2. The summed E-state index contributed by atoms with van der Waals surface area (Å²) in [5, 5.41) is -1.31. The van der Waals surface area contributed by atoms with E-state index in [4.69, 9.17) is 0 Å². The zero-order valence-corrected chi connectivity index (χ0v) is 25.7. The van der Waals surface area contributed by atoms with Gasteiger partial charge in [0.15, 0.2) is 0 Å². The lowest BCUT2D eigenvalue weighted by Crippen LogP contribution is -2.30. The van der Waals surface area contributed by atoms with E-state index in [-0.39, 0.29) is 33.5 Å². The van der Waals surface area contributed by atoms with Crippen molar-refractivity contribution in [2.24, 2.45) is 0 Å². The number of hydrogen-bond acceptors (Lipinski definition) is 2. The molecule has 0 N–H and O–H groups in total. The Balaban J connectivity index is 1.37. The predicted octanol–water partition coefficient (Wildman–Crippen LogP) is 11.0. The largest absolute Gasteiger partial charge is 0.417 e. The maximum absolute atomic E-state index is 14.5. The van der Waals surface area contributed by atoms with Crippen LogP contribution >= 0.6 is 0 Å². The van der Waals surface area contributed by atoms with Crippen molar-refractivity contribution >= 4 is 39.3 Å². The van der Waals surface area contributed by atoms with Gasteiger partial charge in [-0.05, 0) is 65.2 Å². The second-order valence-electron chi connectivity index (χ2n) is 11.8. The van der Waals surface area contributed by atoms with Crippen LogP contribution in [0.25, 0.3) is 49.7 Å². The number of benzene rings is 6. The number of anilines is 1. The summed E-state index contributed by atoms with van der Waals surface area (Å²) < 4.78 is 87.5. The third kappa shape index (κ3) is 4.78. The fourth-order valence-electron chi connectivity index (χ4n) is 6.90. The van der Waals surface area contributed by atoms with Gasteiger partial charge in [0.1, 0.15) is 0 Å². The second-order valence-corrected chi connectivity index (χ2v) is 11.8. The van der Waals surface area contributed by atoms with E-state index in [1.165, 1.54) is 34.9 Å². The molecule has 2 amide bonds. The molecule has 2 heterocycles. The summed E-state index contributed by atoms with van der Waals surface area (Å²) in [4.78, 5) is 29.7. The van der Waals surface area contributed by atoms with E-state index in [0.29, 0.717) is 5.56 Å². The molecule has 0 radical (unpaired) electrons. The van der Waals surface area contributed by atoms with E-state index in [2.05, 4.69) is 0 Å². The summed E-state index contributed by atoms with van der Waals surface area (Å²) in [6.45, 7) is 0. The lowest BCUT2D eigenvalue weighted by atomic mass is 9.97. The predicted molar refractivity (Wildman–Crippen MR) is 179 cm³/mol. The molecule has 0 spiro atoms. The summed E-state index contributed by atoms with van der Waals surface area (Å²) in [7, 11) is 0. The molecule has 1 aliphatic rings. The van der Waals surface area contributed by atoms with Gasteiger partial charge in [-0.1, -0.05) is 84.9 Å². The number of imide groups is 1. The van der Waals surface area contributed by atoms with Gasteiger partial charge < -0.3 is 4.57 Å². The van der Waals surface area contributed by atoms with E-state index in [0.717, 1.165) is 45.9 Å². The molecule has 0 fully saturated rings. The zero-order chi connectivity index (χ0) is 34.9. The molecule has 1 aliphatic heterocycles. The Labute approximate surface area is 280 Å². The van der Waals surface area contributed by atoms with Gasteiger partial charge in [-0.3, -0.25) is 9.59 Å². The lowest BCUT2D eigenvalue weighted by Gasteiger charge is -2.20. The van der Waals surface area contributed by atoms with Crippen LogP contribution in [-0.4, -0.2) is 16.4 Å². The standard InChI is InChI=1S/C40H22F6N2O2/c41-39(42,43)28-15-8-18-32-35(28)36-29(40(44,45)46)16-9-19-33(36)47(32)31-17-7-14-26-34(31)38(50)48(37(26)49)30-21-20-25(23-10-3-1-4-11-23)22-27(30)24-12-5-2-6-13-24/h1-22H. The molecule has 246 valence electrons. The SMILES string of the molecule is O=C1c2cccc(-n3c4cccc(C(F)(F)F)c4c4c(C(F)(F)F)cccc43)c2C(=O)N1c1ccc(-c2ccccc2)cc1-c1ccccc1. The molecule has 10 heteroatoms. The Morgan fingerprint density at radius 2 is 0.980 bits per heavy atom. The Kier molecular flexibility index (Phi) is 6.97. The molecule has 0 bridgehead atoms. The van der Waals surface area contributed by atoms with Crippen LogP contribution < -0.4 is 4.90 Å². The Bertz CT molecular complexity index is 2430. The van der Waals surface area contributed by atoms with Crippen LogP contribution in [0.5, 0.6) is 0 Å². The first-order valence-electron chi connectivity index (χ1n) is 15.4. The number of hydrogen-bond donors (Lipinski definition) is 0. The van der Waals surface area contributed by atoms with E-state index in [1.807, 2.05) is 66.7 Å². The molecule has 0 saturated heterocycles. The highest BCUT2D eigenvalue weighted by Crippen LogP contribution is 2.47. The highest BCUT2D eigenvalue weighted by Gasteiger charge is 2.42. The molecule has 0 saturated carbocycles. The fourth-order valence-corrected chi connectivity index (χ4v) is 6.90. The quantitative estimate of drug-likeness (QED) is 0.138. The number of nitrogens with zero attached hydrogens (tertiary/aromatic N) is 2. The van der Waals surface area contributed by atoms with Crippen molar-refractivity contribution in [3.8, 4) is 27.9 Å². The minimum Gasteiger partial charge on any atom is -0.308 e. The average molecular weight is 677 g/mol. The molecule has 50 heavy (non-hydrogen) atoms. The van der Waals surface area contributed by atoms with Crippen LogP contribution in [-0.2, 0) is 12.4 Å². The number of carbonyl (C=O) groups excluding carboxylic acids is 2. The van der Waals surface area contributed by atoms with Crippen molar-refractivity contribution in [3.05, 3.63) is 156 Å². The highest BCUT2D eigenvalue weighted by atomic mass is 19.4. The van der Waals surface area contributed by atoms with Gasteiger partial charge in [0.2, 0.25) is 0 Å². The maximum atomic E-state index is 14.5. The number of fused-ring (bicyclic) bond motifs is 4. The number of rotatable bonds is 4. The first-order chi connectivity index (χ1) is 23.9. The Morgan fingerprint density at radius 3 is 1.54 bits per heavy atom. The number of aromatic nitrogens is 1. The third-order valence-electron chi connectivity index (χ3n) is 8.99. The normalized spacial score (nSPS) is 13.4. The number of halogens is 6. The monoisotopic (exact) mass is 676 g/mol. The van der Waals surface area contributed by atoms with Crippen LogP contribution in [0.4, 0.5) is 32.0 Å². The first-order valence-corrected chi connectivity index (χ1v) is 15.4. The minimum atomic E-state index is -4.99. The topological polar surface area (TPSA) is 42.3 Å². The van der Waals surface area contributed by atoms with Crippen molar-refractivity contribution < 1.29 is 35.9 Å². The molecule has 0 unspecified atom stereocenters. The van der Waals surface area contributed by atoms with E-state index < -0.39 is 46.1 Å². The first kappa shape index (κ1) is 31.1. The van der Waals surface area contributed by atoms with Gasteiger partial charge in [-0.25, -0.2) is 4.90 Å². The van der Waals surface area contributed by atoms with Gasteiger partial charge in [-0.2, -0.15) is 26.3 Å². The van der Waals surface area contributed by atoms with Crippen molar-refractivity contribution in [1.29, 1.82) is 0 Å². The van der Waals surface area contributed by atoms with E-state index in [1.54, 1.807) is 12.1 Å². The van der Waals surface area contributed by atoms with Crippen molar-refractivity contribution in [3.63, 3.8) is 0 Å². The molecule has 7 aromatic rings. The molecular formula is C40H22F6N2O2. The Hall–Kier alpha value is -6.16. The van der Waals surface area contributed by atoms with Crippen LogP contribution in [0.3, 0.4) is 0 Å². The second kappa shape index (κ2) is 11.2. The lowest BCUT2D eigenvalue weighted by molar-refractivity contribution is -0.138. The molecule has 6 aromatic carbocycles. The average Bonchev–Trinajstić information content (AvgIpc) is 3.58. The van der Waals surface area contributed by atoms with Crippen molar-refractivity contribution in [1.82, 2.24) is 4.57 Å². The molecule has 0 aliphatic carbocycles. The smallest absolute Gasteiger partial charge is 0.308 e. The molecule has 0 atom stereocenters. The van der Waals surface area contributed by atoms with E-state index in [9.17, 15) is 35.9 Å². The summed E-state index contributed by atoms with van der Waals surface area (Å²) in [6.07, 6.45) is -9.98. The van der Waals surface area contributed by atoms with Gasteiger partial charge in [0, 0.05) is 16.3 Å². The van der Waals surface area contributed by atoms with Crippen molar-refractivity contribution in [2.75, 3.05) is 4.90 Å². The van der Waals surface area contributed by atoms with Crippen LogP contribution in [0.1, 0.15) is 31.8 Å². The summed E-state index contributed by atoms with van der Waals surface area (Å²) in [5.74, 6) is -1.44. The van der Waals surface area contributed by atoms with Crippen molar-refractivity contribution in [2.45, 2.75) is 12.4 Å². The van der Waals surface area contributed by atoms with E-state index >= 15 is 0 Å². The summed E-state index contributed by atoms with van der Waals surface area (Å²) in [5.41, 5.74) is 0.203. The zero-order valence-electron chi connectivity index (χ0n) is 25.7. The third-order valence-corrected chi connectivity index (χ3v) is 8.99. The molecule has 1 aromatic heterocycles.